The number of benzene rings is 1. The van der Waals surface area contributed by atoms with Crippen LogP contribution in [0, 0.1) is 11.7 Å². The predicted octanol–water partition coefficient (Wildman–Crippen LogP) is 3.41. The molecular formula is C20H23F4N5O2. The van der Waals surface area contributed by atoms with Crippen molar-refractivity contribution in [2.45, 2.75) is 50.6 Å². The van der Waals surface area contributed by atoms with Crippen LogP contribution in [-0.2, 0) is 4.79 Å². The summed E-state index contributed by atoms with van der Waals surface area (Å²) < 4.78 is 60.2. The second-order valence-electron chi connectivity index (χ2n) is 7.95. The number of aromatic nitrogens is 3. The fraction of sp³-hybridized carbons (Fsp3) is 0.550. The highest BCUT2D eigenvalue weighted by Gasteiger charge is 2.48. The molecule has 0 unspecified atom stereocenters. The standard InChI is InChI=1S/C20H23F4N5O2/c1-12(31-15-4-2-3-14(21)9-15)18(30)28-7-5-13(6-8-28)16-10-17(20(22,23)24)29-19(27-16)25-11-26-29/h2-4,9,11-13,16-17H,5-8,10H2,1H3,(H,25,26,27)/t12-,16-,17+/m0/s1. The van der Waals surface area contributed by atoms with Crippen LogP contribution in [0.4, 0.5) is 23.5 Å². The maximum atomic E-state index is 13.5. The van der Waals surface area contributed by atoms with E-state index in [0.717, 1.165) is 11.0 Å². The molecule has 1 N–H and O–H groups in total. The number of carbonyl (C=O) groups is 1. The minimum atomic E-state index is -4.41. The second-order valence-corrected chi connectivity index (χ2v) is 7.95. The Morgan fingerprint density at radius 1 is 1.29 bits per heavy atom. The average Bonchev–Trinajstić information content (AvgIpc) is 3.20. The highest BCUT2D eigenvalue weighted by atomic mass is 19.4. The van der Waals surface area contributed by atoms with Crippen LogP contribution < -0.4 is 10.1 Å². The van der Waals surface area contributed by atoms with Crippen LogP contribution in [-0.4, -0.2) is 57.0 Å². The predicted molar refractivity (Wildman–Crippen MR) is 103 cm³/mol. The summed E-state index contributed by atoms with van der Waals surface area (Å²) in [5, 5.41) is 6.79. The Balaban J connectivity index is 1.35. The first-order valence-corrected chi connectivity index (χ1v) is 10.2. The highest BCUT2D eigenvalue weighted by Crippen LogP contribution is 2.41. The molecule has 3 heterocycles. The van der Waals surface area contributed by atoms with Gasteiger partial charge in [0.25, 0.3) is 5.91 Å². The van der Waals surface area contributed by atoms with Gasteiger partial charge in [-0.25, -0.2) is 9.07 Å². The fourth-order valence-corrected chi connectivity index (χ4v) is 4.30. The molecule has 2 aromatic rings. The first-order valence-electron chi connectivity index (χ1n) is 10.2. The highest BCUT2D eigenvalue weighted by molar-refractivity contribution is 5.81. The lowest BCUT2D eigenvalue weighted by Gasteiger charge is -2.40. The Morgan fingerprint density at radius 3 is 2.71 bits per heavy atom. The first-order chi connectivity index (χ1) is 14.7. The van der Waals surface area contributed by atoms with Crippen molar-refractivity contribution in [1.29, 1.82) is 0 Å². The maximum Gasteiger partial charge on any atom is 0.411 e. The van der Waals surface area contributed by atoms with Gasteiger partial charge in [0.1, 0.15) is 17.9 Å². The van der Waals surface area contributed by atoms with Crippen LogP contribution in [0.1, 0.15) is 32.2 Å². The molecule has 3 atom stereocenters. The van der Waals surface area contributed by atoms with E-state index in [0.29, 0.717) is 25.9 Å². The third kappa shape index (κ3) is 4.59. The van der Waals surface area contributed by atoms with E-state index in [1.807, 2.05) is 0 Å². The maximum absolute atomic E-state index is 13.5. The monoisotopic (exact) mass is 441 g/mol. The lowest BCUT2D eigenvalue weighted by atomic mass is 9.85. The summed E-state index contributed by atoms with van der Waals surface area (Å²) in [5.41, 5.74) is 0. The van der Waals surface area contributed by atoms with Gasteiger partial charge in [0.2, 0.25) is 5.95 Å². The molecule has 2 aliphatic rings. The molecule has 1 saturated heterocycles. The molecule has 0 spiro atoms. The van der Waals surface area contributed by atoms with Gasteiger partial charge in [-0.3, -0.25) is 4.79 Å². The van der Waals surface area contributed by atoms with E-state index in [-0.39, 0.29) is 29.9 Å². The molecular weight excluding hydrogens is 418 g/mol. The summed E-state index contributed by atoms with van der Waals surface area (Å²) in [6.07, 6.45) is -3.09. The van der Waals surface area contributed by atoms with E-state index in [2.05, 4.69) is 15.4 Å². The lowest BCUT2D eigenvalue weighted by molar-refractivity contribution is -0.174. The van der Waals surface area contributed by atoms with E-state index in [4.69, 9.17) is 4.74 Å². The van der Waals surface area contributed by atoms with Gasteiger partial charge in [-0.15, -0.1) is 0 Å². The Kier molecular flexibility index (Phi) is 5.76. The molecule has 0 saturated carbocycles. The van der Waals surface area contributed by atoms with Crippen molar-refractivity contribution in [2.75, 3.05) is 18.4 Å². The molecule has 31 heavy (non-hydrogen) atoms. The summed E-state index contributed by atoms with van der Waals surface area (Å²) in [6, 6.07) is 3.45. The van der Waals surface area contributed by atoms with Crippen molar-refractivity contribution in [3.8, 4) is 5.75 Å². The zero-order valence-corrected chi connectivity index (χ0v) is 16.8. The number of nitrogens with zero attached hydrogens (tertiary/aromatic N) is 4. The molecule has 168 valence electrons. The van der Waals surface area contributed by atoms with Crippen LogP contribution in [0.15, 0.2) is 30.6 Å². The van der Waals surface area contributed by atoms with Crippen LogP contribution >= 0.6 is 0 Å². The number of anilines is 1. The number of carbonyl (C=O) groups excluding carboxylic acids is 1. The molecule has 1 amide bonds. The number of likely N-dealkylation sites (tertiary alicyclic amines) is 1. The molecule has 2 aliphatic heterocycles. The summed E-state index contributed by atoms with van der Waals surface area (Å²) in [5.74, 6) is -0.324. The number of piperidine rings is 1. The van der Waals surface area contributed by atoms with Crippen LogP contribution in [0.3, 0.4) is 0 Å². The van der Waals surface area contributed by atoms with Gasteiger partial charge in [0.05, 0.1) is 0 Å². The van der Waals surface area contributed by atoms with E-state index < -0.39 is 30.2 Å². The Bertz CT molecular complexity index is 926. The van der Waals surface area contributed by atoms with E-state index >= 15 is 0 Å². The van der Waals surface area contributed by atoms with Gasteiger partial charge in [-0.05, 0) is 44.2 Å². The normalized spacial score (nSPS) is 23.1. The molecule has 11 heteroatoms. The smallest absolute Gasteiger partial charge is 0.411 e. The first kappa shape index (κ1) is 21.4. The average molecular weight is 441 g/mol. The number of hydrogen-bond acceptors (Lipinski definition) is 5. The zero-order chi connectivity index (χ0) is 22.2. The van der Waals surface area contributed by atoms with Crippen molar-refractivity contribution >= 4 is 11.9 Å². The number of alkyl halides is 3. The molecule has 1 aromatic heterocycles. The molecule has 1 aromatic carbocycles. The van der Waals surface area contributed by atoms with Crippen molar-refractivity contribution in [3.63, 3.8) is 0 Å². The molecule has 1 fully saturated rings. The molecule has 0 bridgehead atoms. The minimum Gasteiger partial charge on any atom is -0.481 e. The Labute approximate surface area is 176 Å². The van der Waals surface area contributed by atoms with Crippen molar-refractivity contribution < 1.29 is 27.1 Å². The topological polar surface area (TPSA) is 72.3 Å². The van der Waals surface area contributed by atoms with Crippen molar-refractivity contribution in [1.82, 2.24) is 19.7 Å². The zero-order valence-electron chi connectivity index (χ0n) is 16.8. The van der Waals surface area contributed by atoms with E-state index in [1.54, 1.807) is 17.9 Å². The van der Waals surface area contributed by atoms with Gasteiger partial charge in [-0.2, -0.15) is 23.3 Å². The summed E-state index contributed by atoms with van der Waals surface area (Å²) >= 11 is 0. The summed E-state index contributed by atoms with van der Waals surface area (Å²) in [6.45, 7) is 2.44. The van der Waals surface area contributed by atoms with Gasteiger partial charge in [-0.1, -0.05) is 6.07 Å². The van der Waals surface area contributed by atoms with Crippen LogP contribution in [0.5, 0.6) is 5.75 Å². The third-order valence-electron chi connectivity index (χ3n) is 5.91. The lowest BCUT2D eigenvalue weighted by Crippen LogP contribution is -2.49. The van der Waals surface area contributed by atoms with Gasteiger partial charge >= 0.3 is 6.18 Å². The second kappa shape index (κ2) is 8.35. The number of rotatable bonds is 4. The number of halogens is 4. The quantitative estimate of drug-likeness (QED) is 0.737. The molecule has 4 rings (SSSR count). The molecule has 0 radical (unpaired) electrons. The van der Waals surface area contributed by atoms with E-state index in [1.165, 1.54) is 18.2 Å². The SMILES string of the molecule is C[C@H](Oc1cccc(F)c1)C(=O)N1CCC([C@@H]2C[C@H](C(F)(F)F)n3ncnc3N2)CC1. The van der Waals surface area contributed by atoms with Gasteiger partial charge < -0.3 is 15.0 Å². The number of ether oxygens (including phenoxy) is 1. The number of hydrogen-bond donors (Lipinski definition) is 1. The summed E-state index contributed by atoms with van der Waals surface area (Å²) in [7, 11) is 0. The fourth-order valence-electron chi connectivity index (χ4n) is 4.30. The Hall–Kier alpha value is -2.85. The van der Waals surface area contributed by atoms with Crippen molar-refractivity contribution in [2.24, 2.45) is 5.92 Å². The third-order valence-corrected chi connectivity index (χ3v) is 5.91. The van der Waals surface area contributed by atoms with Gasteiger partial charge in [0, 0.05) is 25.2 Å². The number of nitrogens with one attached hydrogen (secondary N) is 1. The molecule has 7 nitrogen and oxygen atoms in total. The Morgan fingerprint density at radius 2 is 2.03 bits per heavy atom. The van der Waals surface area contributed by atoms with Crippen molar-refractivity contribution in [3.05, 3.63) is 36.4 Å². The summed E-state index contributed by atoms with van der Waals surface area (Å²) in [4.78, 5) is 18.3. The molecule has 0 aliphatic carbocycles. The van der Waals surface area contributed by atoms with E-state index in [9.17, 15) is 22.4 Å². The minimum absolute atomic E-state index is 0.0289. The van der Waals surface area contributed by atoms with Crippen LogP contribution in [0.25, 0.3) is 0 Å². The largest absolute Gasteiger partial charge is 0.481 e. The van der Waals surface area contributed by atoms with Gasteiger partial charge in [0.15, 0.2) is 12.1 Å². The van der Waals surface area contributed by atoms with Crippen LogP contribution in [0.2, 0.25) is 0 Å². The number of fused-ring (bicyclic) bond motifs is 1. The number of amides is 1.